The Morgan fingerprint density at radius 1 is 1.60 bits per heavy atom. The van der Waals surface area contributed by atoms with Crippen molar-refractivity contribution in [3.63, 3.8) is 0 Å². The highest BCUT2D eigenvalue weighted by molar-refractivity contribution is 4.67. The van der Waals surface area contributed by atoms with Gasteiger partial charge in [0.15, 0.2) is 6.29 Å². The first-order chi connectivity index (χ1) is 4.70. The second kappa shape index (κ2) is 3.32. The first kappa shape index (κ1) is 7.98. The van der Waals surface area contributed by atoms with Crippen LogP contribution in [0, 0.1) is 0 Å². The molecular formula is C7H14O3. The fourth-order valence-corrected chi connectivity index (χ4v) is 0.950. The van der Waals surface area contributed by atoms with Crippen molar-refractivity contribution in [1.29, 1.82) is 0 Å². The summed E-state index contributed by atoms with van der Waals surface area (Å²) in [5.41, 5.74) is 0. The lowest BCUT2D eigenvalue weighted by Gasteiger charge is -2.16. The average Bonchev–Trinajstić information content (AvgIpc) is 2.15. The summed E-state index contributed by atoms with van der Waals surface area (Å²) in [6, 6.07) is 0. The zero-order valence-electron chi connectivity index (χ0n) is 6.41. The predicted molar refractivity (Wildman–Crippen MR) is 36.6 cm³/mol. The van der Waals surface area contributed by atoms with Gasteiger partial charge < -0.3 is 14.6 Å². The molecule has 2 unspecified atom stereocenters. The molecule has 1 aliphatic rings. The molecule has 1 fully saturated rings. The van der Waals surface area contributed by atoms with Crippen LogP contribution in [-0.2, 0) is 9.47 Å². The number of aliphatic hydroxyl groups is 1. The quantitative estimate of drug-likeness (QED) is 0.617. The van der Waals surface area contributed by atoms with Gasteiger partial charge in [0.1, 0.15) is 6.10 Å². The van der Waals surface area contributed by atoms with E-state index >= 15 is 0 Å². The highest BCUT2D eigenvalue weighted by Crippen LogP contribution is 2.15. The van der Waals surface area contributed by atoms with Crippen LogP contribution >= 0.6 is 0 Å². The van der Waals surface area contributed by atoms with E-state index < -0.39 is 6.10 Å². The van der Waals surface area contributed by atoms with Gasteiger partial charge in [-0.2, -0.15) is 0 Å². The summed E-state index contributed by atoms with van der Waals surface area (Å²) in [6.45, 7) is 4.46. The Labute approximate surface area is 60.9 Å². The fraction of sp³-hybridized carbons (Fsp3) is 1.00. The van der Waals surface area contributed by atoms with E-state index in [9.17, 15) is 5.11 Å². The highest BCUT2D eigenvalue weighted by atomic mass is 16.7. The van der Waals surface area contributed by atoms with Gasteiger partial charge in [-0.05, 0) is 13.8 Å². The zero-order chi connectivity index (χ0) is 7.56. The van der Waals surface area contributed by atoms with E-state index in [0.717, 1.165) is 0 Å². The fourth-order valence-electron chi connectivity index (χ4n) is 0.950. The molecule has 0 aromatic rings. The molecule has 1 aliphatic heterocycles. The van der Waals surface area contributed by atoms with Crippen molar-refractivity contribution in [2.45, 2.75) is 38.8 Å². The van der Waals surface area contributed by atoms with E-state index in [-0.39, 0.29) is 12.4 Å². The predicted octanol–water partition coefficient (Wildman–Crippen LogP) is 0.519. The van der Waals surface area contributed by atoms with Crippen LogP contribution in [0.4, 0.5) is 0 Å². The molecule has 10 heavy (non-hydrogen) atoms. The SMILES string of the molecule is CC(C)OC1OCCC1O. The summed E-state index contributed by atoms with van der Waals surface area (Å²) in [5, 5.41) is 9.19. The number of hydrogen-bond donors (Lipinski definition) is 1. The molecule has 1 rings (SSSR count). The van der Waals surface area contributed by atoms with Gasteiger partial charge in [-0.3, -0.25) is 0 Å². The van der Waals surface area contributed by atoms with Crippen LogP contribution in [0.15, 0.2) is 0 Å². The molecule has 0 radical (unpaired) electrons. The number of aliphatic hydroxyl groups excluding tert-OH is 1. The maximum atomic E-state index is 9.19. The molecule has 1 saturated heterocycles. The summed E-state index contributed by atoms with van der Waals surface area (Å²) in [7, 11) is 0. The Morgan fingerprint density at radius 2 is 2.30 bits per heavy atom. The van der Waals surface area contributed by atoms with Gasteiger partial charge in [0.2, 0.25) is 0 Å². The van der Waals surface area contributed by atoms with E-state index in [1.807, 2.05) is 13.8 Å². The molecule has 1 N–H and O–H groups in total. The van der Waals surface area contributed by atoms with Crippen LogP contribution in [0.3, 0.4) is 0 Å². The monoisotopic (exact) mass is 146 g/mol. The zero-order valence-corrected chi connectivity index (χ0v) is 6.41. The van der Waals surface area contributed by atoms with Crippen LogP contribution in [0.2, 0.25) is 0 Å². The van der Waals surface area contributed by atoms with Crippen LogP contribution in [-0.4, -0.2) is 30.2 Å². The normalized spacial score (nSPS) is 33.6. The average molecular weight is 146 g/mol. The summed E-state index contributed by atoms with van der Waals surface area (Å²) in [5.74, 6) is 0. The molecule has 0 amide bonds. The van der Waals surface area contributed by atoms with Crippen LogP contribution in [0.5, 0.6) is 0 Å². The largest absolute Gasteiger partial charge is 0.388 e. The highest BCUT2D eigenvalue weighted by Gasteiger charge is 2.27. The first-order valence-electron chi connectivity index (χ1n) is 3.65. The smallest absolute Gasteiger partial charge is 0.183 e. The maximum Gasteiger partial charge on any atom is 0.183 e. The van der Waals surface area contributed by atoms with Gasteiger partial charge in [-0.25, -0.2) is 0 Å². The Hall–Kier alpha value is -0.120. The Bertz CT molecular complexity index is 103. The third-order valence-electron chi connectivity index (χ3n) is 1.42. The second-order valence-corrected chi connectivity index (χ2v) is 2.78. The van der Waals surface area contributed by atoms with E-state index in [0.29, 0.717) is 13.0 Å². The van der Waals surface area contributed by atoms with Crippen molar-refractivity contribution >= 4 is 0 Å². The van der Waals surface area contributed by atoms with Crippen LogP contribution < -0.4 is 0 Å². The molecule has 0 bridgehead atoms. The lowest BCUT2D eigenvalue weighted by molar-refractivity contribution is -0.169. The lowest BCUT2D eigenvalue weighted by atomic mass is 10.3. The molecule has 3 heteroatoms. The minimum Gasteiger partial charge on any atom is -0.388 e. The number of ether oxygens (including phenoxy) is 2. The molecule has 3 nitrogen and oxygen atoms in total. The topological polar surface area (TPSA) is 38.7 Å². The minimum absolute atomic E-state index is 0.123. The molecule has 0 aliphatic carbocycles. The van der Waals surface area contributed by atoms with Gasteiger partial charge in [-0.15, -0.1) is 0 Å². The van der Waals surface area contributed by atoms with Crippen molar-refractivity contribution in [2.24, 2.45) is 0 Å². The van der Waals surface area contributed by atoms with Gasteiger partial charge in [0.05, 0.1) is 12.7 Å². The molecule has 0 saturated carbocycles. The molecule has 0 aromatic heterocycles. The van der Waals surface area contributed by atoms with Crippen molar-refractivity contribution in [2.75, 3.05) is 6.61 Å². The molecular weight excluding hydrogens is 132 g/mol. The Balaban J connectivity index is 2.26. The van der Waals surface area contributed by atoms with E-state index in [2.05, 4.69) is 0 Å². The first-order valence-corrected chi connectivity index (χ1v) is 3.65. The third-order valence-corrected chi connectivity index (χ3v) is 1.42. The van der Waals surface area contributed by atoms with Gasteiger partial charge in [-0.1, -0.05) is 0 Å². The van der Waals surface area contributed by atoms with Crippen LogP contribution in [0.25, 0.3) is 0 Å². The van der Waals surface area contributed by atoms with Gasteiger partial charge in [0.25, 0.3) is 0 Å². The Kier molecular flexibility index (Phi) is 2.65. The minimum atomic E-state index is -0.428. The van der Waals surface area contributed by atoms with E-state index in [1.54, 1.807) is 0 Å². The van der Waals surface area contributed by atoms with Crippen molar-refractivity contribution in [3.05, 3.63) is 0 Å². The molecule has 60 valence electrons. The Morgan fingerprint density at radius 3 is 2.70 bits per heavy atom. The van der Waals surface area contributed by atoms with Crippen molar-refractivity contribution in [1.82, 2.24) is 0 Å². The molecule has 2 atom stereocenters. The lowest BCUT2D eigenvalue weighted by Crippen LogP contribution is -2.27. The summed E-state index contributed by atoms with van der Waals surface area (Å²) < 4.78 is 10.4. The molecule has 0 aromatic carbocycles. The van der Waals surface area contributed by atoms with Crippen molar-refractivity contribution < 1.29 is 14.6 Å². The molecule has 0 spiro atoms. The summed E-state index contributed by atoms with van der Waals surface area (Å²) in [6.07, 6.45) is -0.00245. The van der Waals surface area contributed by atoms with Gasteiger partial charge >= 0.3 is 0 Å². The maximum absolute atomic E-state index is 9.19. The summed E-state index contributed by atoms with van der Waals surface area (Å²) >= 11 is 0. The second-order valence-electron chi connectivity index (χ2n) is 2.78. The van der Waals surface area contributed by atoms with Crippen molar-refractivity contribution in [3.8, 4) is 0 Å². The van der Waals surface area contributed by atoms with Crippen LogP contribution in [0.1, 0.15) is 20.3 Å². The number of hydrogen-bond acceptors (Lipinski definition) is 3. The number of rotatable bonds is 2. The standard InChI is InChI=1S/C7H14O3/c1-5(2)10-7-6(8)3-4-9-7/h5-8H,3-4H2,1-2H3. The molecule has 1 heterocycles. The third kappa shape index (κ3) is 1.94. The van der Waals surface area contributed by atoms with E-state index in [4.69, 9.17) is 9.47 Å². The summed E-state index contributed by atoms with van der Waals surface area (Å²) in [4.78, 5) is 0. The van der Waals surface area contributed by atoms with Gasteiger partial charge in [0, 0.05) is 6.42 Å². The van der Waals surface area contributed by atoms with E-state index in [1.165, 1.54) is 0 Å².